The molecule has 0 spiro atoms. The quantitative estimate of drug-likeness (QED) is 0.752. The Morgan fingerprint density at radius 2 is 1.76 bits per heavy atom. The zero-order valence-electron chi connectivity index (χ0n) is 11.3. The summed E-state index contributed by atoms with van der Waals surface area (Å²) in [6, 6.07) is 0.483. The smallest absolute Gasteiger partial charge is 0.225 e. The molecule has 1 unspecified atom stereocenters. The number of carbonyl (C=O) groups excluding carboxylic acids is 1. The number of hydrogen-bond acceptors (Lipinski definition) is 2. The van der Waals surface area contributed by atoms with Gasteiger partial charge in [0.25, 0.3) is 0 Å². The van der Waals surface area contributed by atoms with E-state index >= 15 is 0 Å². The highest BCUT2D eigenvalue weighted by Gasteiger charge is 2.29. The average Bonchev–Trinajstić information content (AvgIpc) is 2.81. The molecule has 2 saturated heterocycles. The number of hydrogen-bond donors (Lipinski definition) is 0. The summed E-state index contributed by atoms with van der Waals surface area (Å²) in [6.45, 7) is 8.60. The van der Waals surface area contributed by atoms with Gasteiger partial charge in [0.2, 0.25) is 5.91 Å². The SMILES string of the molecule is CC(C)C(=O)N1CCCCC1CN1CCCC1. The van der Waals surface area contributed by atoms with Gasteiger partial charge in [0.15, 0.2) is 0 Å². The molecule has 2 rings (SSSR count). The monoisotopic (exact) mass is 238 g/mol. The normalized spacial score (nSPS) is 26.8. The Labute approximate surface area is 105 Å². The average molecular weight is 238 g/mol. The number of carbonyl (C=O) groups is 1. The minimum atomic E-state index is 0.147. The van der Waals surface area contributed by atoms with E-state index in [0.717, 1.165) is 13.1 Å². The van der Waals surface area contributed by atoms with Crippen LogP contribution in [0.3, 0.4) is 0 Å². The molecule has 98 valence electrons. The van der Waals surface area contributed by atoms with Crippen molar-refractivity contribution in [1.82, 2.24) is 9.80 Å². The number of piperidine rings is 1. The molecule has 2 aliphatic heterocycles. The van der Waals surface area contributed by atoms with Crippen molar-refractivity contribution in [3.8, 4) is 0 Å². The zero-order valence-corrected chi connectivity index (χ0v) is 11.3. The van der Waals surface area contributed by atoms with Gasteiger partial charge in [-0.15, -0.1) is 0 Å². The van der Waals surface area contributed by atoms with Crippen LogP contribution in [0.2, 0.25) is 0 Å². The summed E-state index contributed by atoms with van der Waals surface area (Å²) in [6.07, 6.45) is 6.36. The van der Waals surface area contributed by atoms with Gasteiger partial charge in [-0.05, 0) is 45.2 Å². The third kappa shape index (κ3) is 3.21. The van der Waals surface area contributed by atoms with Crippen LogP contribution in [0.4, 0.5) is 0 Å². The molecule has 3 heteroatoms. The van der Waals surface area contributed by atoms with Crippen LogP contribution in [0.5, 0.6) is 0 Å². The minimum Gasteiger partial charge on any atom is -0.338 e. The van der Waals surface area contributed by atoms with Crippen molar-refractivity contribution in [2.75, 3.05) is 26.2 Å². The van der Waals surface area contributed by atoms with Crippen LogP contribution in [0, 0.1) is 5.92 Å². The highest BCUT2D eigenvalue weighted by Crippen LogP contribution is 2.21. The molecule has 0 bridgehead atoms. The van der Waals surface area contributed by atoms with Crippen molar-refractivity contribution in [3.05, 3.63) is 0 Å². The van der Waals surface area contributed by atoms with Gasteiger partial charge in [-0.3, -0.25) is 4.79 Å². The number of likely N-dealkylation sites (tertiary alicyclic amines) is 2. The molecule has 0 saturated carbocycles. The Morgan fingerprint density at radius 3 is 2.41 bits per heavy atom. The maximum absolute atomic E-state index is 12.2. The summed E-state index contributed by atoms with van der Waals surface area (Å²) >= 11 is 0. The second kappa shape index (κ2) is 5.85. The van der Waals surface area contributed by atoms with Gasteiger partial charge in [-0.25, -0.2) is 0 Å². The third-order valence-electron chi connectivity index (χ3n) is 4.07. The highest BCUT2D eigenvalue weighted by molar-refractivity contribution is 5.78. The molecule has 3 nitrogen and oxygen atoms in total. The molecule has 0 aromatic heterocycles. The van der Waals surface area contributed by atoms with E-state index < -0.39 is 0 Å². The van der Waals surface area contributed by atoms with Crippen LogP contribution >= 0.6 is 0 Å². The predicted molar refractivity (Wildman–Crippen MR) is 69.9 cm³/mol. The van der Waals surface area contributed by atoms with Crippen molar-refractivity contribution >= 4 is 5.91 Å². The van der Waals surface area contributed by atoms with Crippen LogP contribution < -0.4 is 0 Å². The van der Waals surface area contributed by atoms with Crippen LogP contribution in [-0.2, 0) is 4.79 Å². The Morgan fingerprint density at radius 1 is 1.12 bits per heavy atom. The van der Waals surface area contributed by atoms with E-state index in [1.165, 1.54) is 45.2 Å². The van der Waals surface area contributed by atoms with E-state index in [0.29, 0.717) is 11.9 Å². The summed E-state index contributed by atoms with van der Waals surface area (Å²) < 4.78 is 0. The van der Waals surface area contributed by atoms with E-state index in [1.807, 2.05) is 13.8 Å². The fraction of sp³-hybridized carbons (Fsp3) is 0.929. The lowest BCUT2D eigenvalue weighted by molar-refractivity contribution is -0.138. The lowest BCUT2D eigenvalue weighted by atomic mass is 9.99. The molecule has 1 atom stereocenters. The fourth-order valence-corrected chi connectivity index (χ4v) is 3.08. The van der Waals surface area contributed by atoms with Crippen molar-refractivity contribution in [1.29, 1.82) is 0 Å². The minimum absolute atomic E-state index is 0.147. The maximum atomic E-state index is 12.2. The van der Waals surface area contributed by atoms with E-state index in [2.05, 4.69) is 9.80 Å². The Bertz CT molecular complexity index is 259. The van der Waals surface area contributed by atoms with Gasteiger partial charge in [0.05, 0.1) is 0 Å². The van der Waals surface area contributed by atoms with Crippen molar-refractivity contribution in [2.45, 2.75) is 52.0 Å². The molecule has 2 aliphatic rings. The fourth-order valence-electron chi connectivity index (χ4n) is 3.08. The van der Waals surface area contributed by atoms with Crippen molar-refractivity contribution < 1.29 is 4.79 Å². The summed E-state index contributed by atoms with van der Waals surface area (Å²) in [5, 5.41) is 0. The number of nitrogens with zero attached hydrogens (tertiary/aromatic N) is 2. The molecular formula is C14H26N2O. The topological polar surface area (TPSA) is 23.6 Å². The molecule has 0 aliphatic carbocycles. The molecule has 0 N–H and O–H groups in total. The number of rotatable bonds is 3. The first-order valence-electron chi connectivity index (χ1n) is 7.21. The van der Waals surface area contributed by atoms with Crippen LogP contribution in [0.25, 0.3) is 0 Å². The largest absolute Gasteiger partial charge is 0.338 e. The standard InChI is InChI=1S/C14H26N2O/c1-12(2)14(17)16-10-4-3-7-13(16)11-15-8-5-6-9-15/h12-13H,3-11H2,1-2H3. The predicted octanol–water partition coefficient (Wildman–Crippen LogP) is 2.12. The van der Waals surface area contributed by atoms with E-state index in [9.17, 15) is 4.79 Å². The summed E-state index contributed by atoms with van der Waals surface area (Å²) in [7, 11) is 0. The van der Waals surface area contributed by atoms with Crippen LogP contribution in [0.15, 0.2) is 0 Å². The second-order valence-electron chi connectivity index (χ2n) is 5.84. The molecule has 1 amide bonds. The first-order chi connectivity index (χ1) is 8.18. The van der Waals surface area contributed by atoms with Gasteiger partial charge in [0.1, 0.15) is 0 Å². The third-order valence-corrected chi connectivity index (χ3v) is 4.07. The second-order valence-corrected chi connectivity index (χ2v) is 5.84. The van der Waals surface area contributed by atoms with Gasteiger partial charge >= 0.3 is 0 Å². The van der Waals surface area contributed by atoms with E-state index in [1.54, 1.807) is 0 Å². The Kier molecular flexibility index (Phi) is 4.43. The van der Waals surface area contributed by atoms with Gasteiger partial charge in [-0.2, -0.15) is 0 Å². The molecule has 17 heavy (non-hydrogen) atoms. The summed E-state index contributed by atoms with van der Waals surface area (Å²) in [4.78, 5) is 16.9. The molecule has 0 radical (unpaired) electrons. The maximum Gasteiger partial charge on any atom is 0.225 e. The first-order valence-corrected chi connectivity index (χ1v) is 7.21. The first kappa shape index (κ1) is 12.9. The Hall–Kier alpha value is -0.570. The van der Waals surface area contributed by atoms with Gasteiger partial charge in [0, 0.05) is 25.0 Å². The zero-order chi connectivity index (χ0) is 12.3. The molecule has 0 aromatic rings. The summed E-state index contributed by atoms with van der Waals surface area (Å²) in [5.74, 6) is 0.503. The lowest BCUT2D eigenvalue weighted by Crippen LogP contribution is -2.50. The molecular weight excluding hydrogens is 212 g/mol. The van der Waals surface area contributed by atoms with Gasteiger partial charge < -0.3 is 9.80 Å². The van der Waals surface area contributed by atoms with Crippen LogP contribution in [-0.4, -0.2) is 47.9 Å². The highest BCUT2D eigenvalue weighted by atomic mass is 16.2. The Balaban J connectivity index is 1.93. The molecule has 2 fully saturated rings. The lowest BCUT2D eigenvalue weighted by Gasteiger charge is -2.38. The molecule has 0 aromatic carbocycles. The van der Waals surface area contributed by atoms with Gasteiger partial charge in [-0.1, -0.05) is 13.8 Å². The summed E-state index contributed by atoms with van der Waals surface area (Å²) in [5.41, 5.74) is 0. The van der Waals surface area contributed by atoms with Crippen molar-refractivity contribution in [2.24, 2.45) is 5.92 Å². The van der Waals surface area contributed by atoms with Crippen LogP contribution in [0.1, 0.15) is 46.0 Å². The van der Waals surface area contributed by atoms with Crippen molar-refractivity contribution in [3.63, 3.8) is 0 Å². The van der Waals surface area contributed by atoms with E-state index in [4.69, 9.17) is 0 Å². The molecule has 2 heterocycles. The number of amides is 1. The van der Waals surface area contributed by atoms with E-state index in [-0.39, 0.29) is 5.92 Å².